The molecule has 11 heteroatoms. The topological polar surface area (TPSA) is 82.8 Å². The molecular formula is C25H26F3N3O5. The van der Waals surface area contributed by atoms with Gasteiger partial charge in [0.1, 0.15) is 19.1 Å². The predicted molar refractivity (Wildman–Crippen MR) is 127 cm³/mol. The van der Waals surface area contributed by atoms with Gasteiger partial charge in [0, 0.05) is 19.1 Å². The smallest absolute Gasteiger partial charge is 0.332 e. The molecule has 0 unspecified atom stereocenters. The molecule has 0 spiro atoms. The number of carbonyl (C=O) groups excluding carboxylic acids is 1. The maximum atomic E-state index is 14.3. The van der Waals surface area contributed by atoms with Crippen molar-refractivity contribution in [1.29, 1.82) is 0 Å². The van der Waals surface area contributed by atoms with Gasteiger partial charge < -0.3 is 14.4 Å². The van der Waals surface area contributed by atoms with Crippen LogP contribution in [0.5, 0.6) is 11.5 Å². The second-order valence-corrected chi connectivity index (χ2v) is 8.61. The first-order valence-electron chi connectivity index (χ1n) is 11.5. The molecule has 192 valence electrons. The van der Waals surface area contributed by atoms with E-state index >= 15 is 0 Å². The summed E-state index contributed by atoms with van der Waals surface area (Å²) in [5, 5.41) is 0.121. The van der Waals surface area contributed by atoms with Gasteiger partial charge in [-0.15, -0.1) is 0 Å². The predicted octanol–water partition coefficient (Wildman–Crippen LogP) is 2.84. The van der Waals surface area contributed by atoms with Crippen LogP contribution in [0.1, 0.15) is 24.4 Å². The van der Waals surface area contributed by atoms with Crippen LogP contribution in [0.2, 0.25) is 0 Å². The van der Waals surface area contributed by atoms with Crippen LogP contribution in [0.25, 0.3) is 10.9 Å². The number of aromatic nitrogens is 2. The molecule has 1 aliphatic rings. The first-order valence-corrected chi connectivity index (χ1v) is 11.5. The van der Waals surface area contributed by atoms with E-state index in [0.29, 0.717) is 37.0 Å². The highest BCUT2D eigenvalue weighted by Gasteiger charge is 2.25. The minimum Gasteiger partial charge on any atom is -0.494 e. The number of hydrogen-bond acceptors (Lipinski definition) is 5. The van der Waals surface area contributed by atoms with E-state index in [-0.39, 0.29) is 29.5 Å². The summed E-state index contributed by atoms with van der Waals surface area (Å²) in [5.74, 6) is -0.520. The van der Waals surface area contributed by atoms with Crippen LogP contribution in [0, 0.1) is 5.82 Å². The van der Waals surface area contributed by atoms with E-state index < -0.39 is 36.5 Å². The average Bonchev–Trinajstić information content (AvgIpc) is 2.90. The van der Waals surface area contributed by atoms with Crippen molar-refractivity contribution in [2.24, 2.45) is 0 Å². The third-order valence-corrected chi connectivity index (χ3v) is 6.36. The van der Waals surface area contributed by atoms with E-state index in [1.807, 2.05) is 0 Å². The third kappa shape index (κ3) is 4.95. The van der Waals surface area contributed by atoms with Gasteiger partial charge in [0.2, 0.25) is 6.41 Å². The van der Waals surface area contributed by atoms with Crippen LogP contribution in [0.4, 0.5) is 13.2 Å². The molecule has 0 atom stereocenters. The van der Waals surface area contributed by atoms with Crippen molar-refractivity contribution >= 4 is 17.3 Å². The Morgan fingerprint density at radius 2 is 1.81 bits per heavy atom. The molecule has 36 heavy (non-hydrogen) atoms. The zero-order chi connectivity index (χ0) is 25.8. The Labute approximate surface area is 204 Å². The lowest BCUT2D eigenvalue weighted by Gasteiger charge is -2.31. The molecule has 4 rings (SSSR count). The van der Waals surface area contributed by atoms with Crippen molar-refractivity contribution < 1.29 is 27.4 Å². The standard InChI is InChI=1S/C25H26F3N3O5/c1-35-23-5-2-16(10-21(23)28)14-30-24(33)20-11-18(36-19(12-26)13-27)3-4-22(20)31(25(30)34)17-6-8-29(15-32)9-7-17/h2-5,10-11,15,17,19H,6-9,12-14H2,1H3. The number of likely N-dealkylation sites (tertiary alicyclic amines) is 1. The van der Waals surface area contributed by atoms with E-state index in [2.05, 4.69) is 0 Å². The molecule has 1 amide bonds. The van der Waals surface area contributed by atoms with Gasteiger partial charge in [-0.05, 0) is 48.7 Å². The second-order valence-electron chi connectivity index (χ2n) is 8.61. The summed E-state index contributed by atoms with van der Waals surface area (Å²) in [4.78, 5) is 39.8. The van der Waals surface area contributed by atoms with Gasteiger partial charge in [-0.2, -0.15) is 0 Å². The van der Waals surface area contributed by atoms with Crippen molar-refractivity contribution in [2.75, 3.05) is 33.5 Å². The van der Waals surface area contributed by atoms with Gasteiger partial charge >= 0.3 is 5.69 Å². The number of piperidine rings is 1. The SMILES string of the molecule is COc1ccc(Cn2c(=O)c3cc(OC(CF)CF)ccc3n(C3CCN(C=O)CC3)c2=O)cc1F. The van der Waals surface area contributed by atoms with Crippen molar-refractivity contribution in [3.8, 4) is 11.5 Å². The average molecular weight is 505 g/mol. The lowest BCUT2D eigenvalue weighted by molar-refractivity contribution is -0.119. The molecule has 0 N–H and O–H groups in total. The van der Waals surface area contributed by atoms with Crippen molar-refractivity contribution in [1.82, 2.24) is 14.0 Å². The number of ether oxygens (including phenoxy) is 2. The number of carbonyl (C=O) groups is 1. The second kappa shape index (κ2) is 10.9. The lowest BCUT2D eigenvalue weighted by Crippen LogP contribution is -2.44. The van der Waals surface area contributed by atoms with Crippen molar-refractivity contribution in [3.05, 3.63) is 68.6 Å². The molecule has 8 nitrogen and oxygen atoms in total. The van der Waals surface area contributed by atoms with Gasteiger partial charge in [0.25, 0.3) is 5.56 Å². The molecule has 1 aliphatic heterocycles. The molecule has 0 radical (unpaired) electrons. The Morgan fingerprint density at radius 3 is 2.42 bits per heavy atom. The number of rotatable bonds is 9. The van der Waals surface area contributed by atoms with Crippen molar-refractivity contribution in [3.63, 3.8) is 0 Å². The van der Waals surface area contributed by atoms with E-state index in [0.717, 1.165) is 11.0 Å². The van der Waals surface area contributed by atoms with E-state index in [1.54, 1.807) is 11.0 Å². The molecule has 0 saturated carbocycles. The Morgan fingerprint density at radius 1 is 1.08 bits per heavy atom. The number of hydrogen-bond donors (Lipinski definition) is 0. The molecule has 1 fully saturated rings. The molecule has 1 aromatic heterocycles. The van der Waals surface area contributed by atoms with Gasteiger partial charge in [-0.3, -0.25) is 18.7 Å². The number of amides is 1. The number of alkyl halides is 2. The highest BCUT2D eigenvalue weighted by molar-refractivity contribution is 5.80. The van der Waals surface area contributed by atoms with Crippen LogP contribution in [-0.4, -0.2) is 60.1 Å². The maximum Gasteiger partial charge on any atom is 0.332 e. The summed E-state index contributed by atoms with van der Waals surface area (Å²) in [6.07, 6.45) is 0.428. The molecule has 2 aromatic carbocycles. The molecule has 1 saturated heterocycles. The summed E-state index contributed by atoms with van der Waals surface area (Å²) in [6, 6.07) is 8.19. The minimum absolute atomic E-state index is 0.0287. The maximum absolute atomic E-state index is 14.3. The quantitative estimate of drug-likeness (QED) is 0.418. The van der Waals surface area contributed by atoms with Gasteiger partial charge in [-0.1, -0.05) is 6.07 Å². The zero-order valence-corrected chi connectivity index (χ0v) is 19.7. The van der Waals surface area contributed by atoms with Crippen LogP contribution < -0.4 is 20.7 Å². The monoisotopic (exact) mass is 505 g/mol. The molecule has 2 heterocycles. The molecular weight excluding hydrogens is 479 g/mol. The third-order valence-electron chi connectivity index (χ3n) is 6.36. The van der Waals surface area contributed by atoms with Crippen molar-refractivity contribution in [2.45, 2.75) is 31.5 Å². The van der Waals surface area contributed by atoms with Crippen LogP contribution in [0.15, 0.2) is 46.0 Å². The van der Waals surface area contributed by atoms with Gasteiger partial charge in [0.05, 0.1) is 24.6 Å². The molecule has 3 aromatic rings. The number of halogens is 3. The minimum atomic E-state index is -1.31. The molecule has 0 aliphatic carbocycles. The first kappa shape index (κ1) is 25.3. The lowest BCUT2D eigenvalue weighted by atomic mass is 10.0. The van der Waals surface area contributed by atoms with E-state index in [4.69, 9.17) is 9.47 Å². The van der Waals surface area contributed by atoms with Gasteiger partial charge in [-0.25, -0.2) is 18.0 Å². The fourth-order valence-electron chi connectivity index (χ4n) is 4.46. The number of nitrogens with zero attached hydrogens (tertiary/aromatic N) is 3. The molecule has 0 bridgehead atoms. The summed E-state index contributed by atoms with van der Waals surface area (Å²) in [5.41, 5.74) is -0.504. The Hall–Kier alpha value is -3.76. The normalized spacial score (nSPS) is 14.4. The Bertz CT molecular complexity index is 1360. The highest BCUT2D eigenvalue weighted by Crippen LogP contribution is 2.26. The first-order chi connectivity index (χ1) is 17.4. The zero-order valence-electron chi connectivity index (χ0n) is 19.7. The Balaban J connectivity index is 1.85. The Kier molecular flexibility index (Phi) is 7.66. The highest BCUT2D eigenvalue weighted by atomic mass is 19.1. The summed E-state index contributed by atoms with van der Waals surface area (Å²) >= 11 is 0. The number of fused-ring (bicyclic) bond motifs is 1. The van der Waals surface area contributed by atoms with Crippen LogP contribution in [-0.2, 0) is 11.3 Å². The van der Waals surface area contributed by atoms with E-state index in [1.165, 1.54) is 42.0 Å². The summed E-state index contributed by atoms with van der Waals surface area (Å²) in [7, 11) is 1.33. The fraction of sp³-hybridized carbons (Fsp3) is 0.400. The number of benzene rings is 2. The van der Waals surface area contributed by atoms with Gasteiger partial charge in [0.15, 0.2) is 17.7 Å². The largest absolute Gasteiger partial charge is 0.494 e. The number of methoxy groups -OCH3 is 1. The van der Waals surface area contributed by atoms with E-state index in [9.17, 15) is 27.6 Å². The summed E-state index contributed by atoms with van der Waals surface area (Å²) < 4.78 is 53.1. The van der Waals surface area contributed by atoms with Crippen LogP contribution >= 0.6 is 0 Å². The fourth-order valence-corrected chi connectivity index (χ4v) is 4.46. The van der Waals surface area contributed by atoms with Crippen LogP contribution in [0.3, 0.4) is 0 Å². The summed E-state index contributed by atoms with van der Waals surface area (Å²) in [6.45, 7) is -1.40.